The molecule has 3 aromatic rings. The summed E-state index contributed by atoms with van der Waals surface area (Å²) in [6, 6.07) is 8.72. The second-order valence-electron chi connectivity index (χ2n) is 4.78. The van der Waals surface area contributed by atoms with Crippen molar-refractivity contribution in [1.82, 2.24) is 9.97 Å². The second kappa shape index (κ2) is 6.82. The summed E-state index contributed by atoms with van der Waals surface area (Å²) in [4.78, 5) is 18.8. The number of aromatic nitrogens is 2. The van der Waals surface area contributed by atoms with Gasteiger partial charge in [0.15, 0.2) is 11.5 Å². The third kappa shape index (κ3) is 3.05. The van der Waals surface area contributed by atoms with Gasteiger partial charge in [-0.15, -0.1) is 0 Å². The van der Waals surface area contributed by atoms with Gasteiger partial charge >= 0.3 is 0 Å². The van der Waals surface area contributed by atoms with Gasteiger partial charge in [-0.25, -0.2) is 4.98 Å². The minimum absolute atomic E-state index is 0.448. The molecule has 1 amide bonds. The number of pyridine rings is 2. The van der Waals surface area contributed by atoms with E-state index in [0.29, 0.717) is 35.2 Å². The van der Waals surface area contributed by atoms with Crippen molar-refractivity contribution in [1.29, 1.82) is 0 Å². The standard InChI is InChI=1S/C17H15N3O4/c1-22-15-7-12-13(8-16(15)23-2)18-6-5-14(12)24-11-3-4-17(19-9-11)20-10-21/h3-10H,1-2H3,(H,19,20,21). The van der Waals surface area contributed by atoms with Gasteiger partial charge in [0.1, 0.15) is 17.3 Å². The van der Waals surface area contributed by atoms with Crippen molar-refractivity contribution in [3.63, 3.8) is 0 Å². The summed E-state index contributed by atoms with van der Waals surface area (Å²) < 4.78 is 16.5. The van der Waals surface area contributed by atoms with Crippen LogP contribution < -0.4 is 19.5 Å². The van der Waals surface area contributed by atoms with Crippen LogP contribution in [0.15, 0.2) is 42.7 Å². The highest BCUT2D eigenvalue weighted by atomic mass is 16.5. The molecule has 0 bridgehead atoms. The number of hydrogen-bond acceptors (Lipinski definition) is 6. The maximum Gasteiger partial charge on any atom is 0.212 e. The van der Waals surface area contributed by atoms with Gasteiger partial charge in [-0.1, -0.05) is 0 Å². The molecule has 0 aliphatic heterocycles. The molecule has 0 saturated heterocycles. The summed E-state index contributed by atoms with van der Waals surface area (Å²) in [5.41, 5.74) is 0.720. The predicted octanol–water partition coefficient (Wildman–Crippen LogP) is 3.01. The molecule has 0 saturated carbocycles. The first-order valence-electron chi connectivity index (χ1n) is 7.10. The van der Waals surface area contributed by atoms with Crippen LogP contribution in [0.4, 0.5) is 5.82 Å². The highest BCUT2D eigenvalue weighted by molar-refractivity contribution is 5.88. The van der Waals surface area contributed by atoms with Crippen LogP contribution >= 0.6 is 0 Å². The maximum atomic E-state index is 10.4. The lowest BCUT2D eigenvalue weighted by molar-refractivity contribution is -0.105. The molecule has 0 atom stereocenters. The molecule has 3 rings (SSSR count). The van der Waals surface area contributed by atoms with Crippen LogP contribution in [-0.4, -0.2) is 30.6 Å². The van der Waals surface area contributed by atoms with Crippen molar-refractivity contribution in [2.75, 3.05) is 19.5 Å². The van der Waals surface area contributed by atoms with Crippen LogP contribution in [0.2, 0.25) is 0 Å². The molecule has 0 unspecified atom stereocenters. The molecule has 0 spiro atoms. The van der Waals surface area contributed by atoms with E-state index in [2.05, 4.69) is 15.3 Å². The van der Waals surface area contributed by atoms with Gasteiger partial charge in [0, 0.05) is 17.6 Å². The van der Waals surface area contributed by atoms with Crippen LogP contribution in [0.1, 0.15) is 0 Å². The first-order chi connectivity index (χ1) is 11.7. The lowest BCUT2D eigenvalue weighted by atomic mass is 10.2. The number of nitrogens with one attached hydrogen (secondary N) is 1. The minimum Gasteiger partial charge on any atom is -0.493 e. The topological polar surface area (TPSA) is 82.6 Å². The maximum absolute atomic E-state index is 10.4. The molecule has 1 aromatic carbocycles. The summed E-state index contributed by atoms with van der Waals surface area (Å²) in [5.74, 6) is 2.78. The molecule has 1 N–H and O–H groups in total. The lowest BCUT2D eigenvalue weighted by Crippen LogP contribution is -1.96. The average molecular weight is 325 g/mol. The summed E-state index contributed by atoms with van der Waals surface area (Å²) in [7, 11) is 3.15. The third-order valence-electron chi connectivity index (χ3n) is 3.38. The molecule has 0 fully saturated rings. The number of methoxy groups -OCH3 is 2. The normalized spacial score (nSPS) is 10.2. The Labute approximate surface area is 138 Å². The SMILES string of the molecule is COc1cc2nccc(Oc3ccc(NC=O)nc3)c2cc1OC. The number of hydrogen-bond donors (Lipinski definition) is 1. The van der Waals surface area contributed by atoms with Gasteiger partial charge in [-0.3, -0.25) is 9.78 Å². The van der Waals surface area contributed by atoms with E-state index in [9.17, 15) is 4.79 Å². The summed E-state index contributed by atoms with van der Waals surface area (Å²) in [6.45, 7) is 0. The van der Waals surface area contributed by atoms with E-state index in [1.807, 2.05) is 6.07 Å². The molecule has 0 radical (unpaired) electrons. The van der Waals surface area contributed by atoms with Crippen LogP contribution in [0.3, 0.4) is 0 Å². The lowest BCUT2D eigenvalue weighted by Gasteiger charge is -2.12. The molecule has 24 heavy (non-hydrogen) atoms. The Morgan fingerprint density at radius 1 is 1.00 bits per heavy atom. The molecule has 7 heteroatoms. The number of fused-ring (bicyclic) bond motifs is 1. The average Bonchev–Trinajstić information content (AvgIpc) is 2.62. The number of ether oxygens (including phenoxy) is 3. The molecule has 2 heterocycles. The van der Waals surface area contributed by atoms with Crippen molar-refractivity contribution in [3.8, 4) is 23.0 Å². The van der Waals surface area contributed by atoms with E-state index in [1.165, 1.54) is 6.20 Å². The zero-order valence-electron chi connectivity index (χ0n) is 13.1. The monoisotopic (exact) mass is 325 g/mol. The Morgan fingerprint density at radius 2 is 1.79 bits per heavy atom. The zero-order chi connectivity index (χ0) is 16.9. The quantitative estimate of drug-likeness (QED) is 0.702. The molecular weight excluding hydrogens is 310 g/mol. The molecule has 0 aliphatic rings. The molecule has 7 nitrogen and oxygen atoms in total. The Bertz CT molecular complexity index is 866. The number of rotatable bonds is 6. The minimum atomic E-state index is 0.448. The van der Waals surface area contributed by atoms with Gasteiger partial charge in [0.2, 0.25) is 6.41 Å². The van der Waals surface area contributed by atoms with Gasteiger partial charge in [-0.2, -0.15) is 0 Å². The van der Waals surface area contributed by atoms with E-state index in [-0.39, 0.29) is 0 Å². The number of carbonyl (C=O) groups excluding carboxylic acids is 1. The van der Waals surface area contributed by atoms with Crippen LogP contribution in [-0.2, 0) is 4.79 Å². The first-order valence-corrected chi connectivity index (χ1v) is 7.10. The fraction of sp³-hybridized carbons (Fsp3) is 0.118. The van der Waals surface area contributed by atoms with Crippen molar-refractivity contribution < 1.29 is 19.0 Å². The van der Waals surface area contributed by atoms with E-state index >= 15 is 0 Å². The van der Waals surface area contributed by atoms with E-state index < -0.39 is 0 Å². The zero-order valence-corrected chi connectivity index (χ0v) is 13.1. The largest absolute Gasteiger partial charge is 0.493 e. The van der Waals surface area contributed by atoms with Crippen LogP contribution in [0, 0.1) is 0 Å². The number of benzene rings is 1. The van der Waals surface area contributed by atoms with Crippen molar-refractivity contribution in [3.05, 3.63) is 42.7 Å². The highest BCUT2D eigenvalue weighted by Gasteiger charge is 2.11. The van der Waals surface area contributed by atoms with Gasteiger partial charge in [0.25, 0.3) is 0 Å². The Balaban J connectivity index is 1.98. The van der Waals surface area contributed by atoms with E-state index in [1.54, 1.807) is 44.7 Å². The number of nitrogens with zero attached hydrogens (tertiary/aromatic N) is 2. The number of carbonyl (C=O) groups is 1. The summed E-state index contributed by atoms with van der Waals surface area (Å²) >= 11 is 0. The van der Waals surface area contributed by atoms with Crippen LogP contribution in [0.5, 0.6) is 23.0 Å². The number of amides is 1. The van der Waals surface area contributed by atoms with Gasteiger partial charge < -0.3 is 19.5 Å². The first kappa shape index (κ1) is 15.5. The highest BCUT2D eigenvalue weighted by Crippen LogP contribution is 2.36. The molecule has 122 valence electrons. The van der Waals surface area contributed by atoms with E-state index in [0.717, 1.165) is 10.9 Å². The molecular formula is C17H15N3O4. The van der Waals surface area contributed by atoms with Crippen molar-refractivity contribution in [2.45, 2.75) is 0 Å². The molecule has 2 aromatic heterocycles. The van der Waals surface area contributed by atoms with E-state index in [4.69, 9.17) is 14.2 Å². The van der Waals surface area contributed by atoms with Crippen molar-refractivity contribution >= 4 is 23.1 Å². The van der Waals surface area contributed by atoms with Gasteiger partial charge in [-0.05, 0) is 24.3 Å². The Morgan fingerprint density at radius 3 is 2.46 bits per heavy atom. The van der Waals surface area contributed by atoms with Crippen molar-refractivity contribution in [2.24, 2.45) is 0 Å². The predicted molar refractivity (Wildman–Crippen MR) is 88.8 cm³/mol. The number of anilines is 1. The fourth-order valence-corrected chi connectivity index (χ4v) is 2.25. The molecule has 0 aliphatic carbocycles. The van der Waals surface area contributed by atoms with Crippen LogP contribution in [0.25, 0.3) is 10.9 Å². The van der Waals surface area contributed by atoms with Gasteiger partial charge in [0.05, 0.1) is 25.9 Å². The fourth-order valence-electron chi connectivity index (χ4n) is 2.25. The smallest absolute Gasteiger partial charge is 0.212 e. The summed E-state index contributed by atoms with van der Waals surface area (Å²) in [6.07, 6.45) is 3.75. The second-order valence-corrected chi connectivity index (χ2v) is 4.78. The Kier molecular flexibility index (Phi) is 4.42. The Hall–Kier alpha value is -3.35. The third-order valence-corrected chi connectivity index (χ3v) is 3.38. The summed E-state index contributed by atoms with van der Waals surface area (Å²) in [5, 5.41) is 3.25.